The molecule has 1 aromatic carbocycles. The molecule has 0 aliphatic heterocycles. The van der Waals surface area contributed by atoms with Crippen molar-refractivity contribution in [2.45, 2.75) is 12.8 Å². The lowest BCUT2D eigenvalue weighted by Crippen LogP contribution is -2.25. The highest BCUT2D eigenvalue weighted by Gasteiger charge is 2.39. The number of nitrogens with one attached hydrogen (secondary N) is 1. The summed E-state index contributed by atoms with van der Waals surface area (Å²) in [6.07, 6.45) is 6.55. The van der Waals surface area contributed by atoms with Gasteiger partial charge < -0.3 is 5.32 Å². The molecule has 1 N–H and O–H groups in total. The molecule has 88 valence electrons. The van der Waals surface area contributed by atoms with E-state index in [9.17, 15) is 4.79 Å². The Hall–Kier alpha value is -1.28. The number of amides is 1. The summed E-state index contributed by atoms with van der Waals surface area (Å²) in [7, 11) is 0. The zero-order valence-electron chi connectivity index (χ0n) is 9.40. The summed E-state index contributed by atoms with van der Waals surface area (Å²) in [5.74, 6) is 1.28. The van der Waals surface area contributed by atoms with Gasteiger partial charge in [-0.05, 0) is 36.8 Å². The minimum Gasteiger partial charge on any atom is -0.325 e. The van der Waals surface area contributed by atoms with Crippen LogP contribution in [0.15, 0.2) is 36.4 Å². The fourth-order valence-electron chi connectivity index (χ4n) is 2.87. The number of allylic oxidation sites excluding steroid dienone is 2. The van der Waals surface area contributed by atoms with Crippen LogP contribution in [0.1, 0.15) is 12.8 Å². The van der Waals surface area contributed by atoms with Crippen LogP contribution in [-0.4, -0.2) is 5.91 Å². The summed E-state index contributed by atoms with van der Waals surface area (Å²) in [6.45, 7) is 0. The number of carbonyl (C=O) groups is 1. The molecule has 1 amide bonds. The topological polar surface area (TPSA) is 29.1 Å². The summed E-state index contributed by atoms with van der Waals surface area (Å²) in [5, 5.41) is 3.53. The number of carbonyl (C=O) groups excluding carboxylic acids is 1. The molecule has 0 aromatic heterocycles. The number of halogens is 1. The van der Waals surface area contributed by atoms with Gasteiger partial charge in [-0.2, -0.15) is 0 Å². The lowest BCUT2D eigenvalue weighted by atomic mass is 9.93. The zero-order valence-corrected chi connectivity index (χ0v) is 10.2. The zero-order chi connectivity index (χ0) is 11.8. The predicted molar refractivity (Wildman–Crippen MR) is 68.9 cm³/mol. The van der Waals surface area contributed by atoms with Crippen molar-refractivity contribution in [3.05, 3.63) is 41.4 Å². The third-order valence-electron chi connectivity index (χ3n) is 3.75. The third-order valence-corrected chi connectivity index (χ3v) is 4.08. The normalized spacial score (nSPS) is 29.6. The summed E-state index contributed by atoms with van der Waals surface area (Å²) in [5.41, 5.74) is 0.714. The number of hydrogen-bond acceptors (Lipinski definition) is 1. The summed E-state index contributed by atoms with van der Waals surface area (Å²) in [6, 6.07) is 7.36. The van der Waals surface area contributed by atoms with Gasteiger partial charge in [0.15, 0.2) is 0 Å². The van der Waals surface area contributed by atoms with Gasteiger partial charge in [0.2, 0.25) is 5.91 Å². The van der Waals surface area contributed by atoms with E-state index in [4.69, 9.17) is 11.6 Å². The molecule has 1 fully saturated rings. The minimum absolute atomic E-state index is 0.106. The van der Waals surface area contributed by atoms with Crippen molar-refractivity contribution in [2.24, 2.45) is 17.8 Å². The number of fused-ring (bicyclic) bond motifs is 2. The lowest BCUT2D eigenvalue weighted by molar-refractivity contribution is -0.120. The Morgan fingerprint density at radius 1 is 1.24 bits per heavy atom. The van der Waals surface area contributed by atoms with E-state index < -0.39 is 0 Å². The molecule has 2 nitrogen and oxygen atoms in total. The number of anilines is 1. The number of hydrogen-bond donors (Lipinski definition) is 1. The highest BCUT2D eigenvalue weighted by molar-refractivity contribution is 6.33. The Morgan fingerprint density at radius 3 is 2.71 bits per heavy atom. The maximum absolute atomic E-state index is 12.2. The van der Waals surface area contributed by atoms with Crippen molar-refractivity contribution < 1.29 is 4.79 Å². The first-order valence-corrected chi connectivity index (χ1v) is 6.35. The Bertz CT molecular complexity index is 483. The van der Waals surface area contributed by atoms with E-state index in [-0.39, 0.29) is 11.8 Å². The molecule has 0 spiro atoms. The molecule has 2 aliphatic carbocycles. The summed E-state index contributed by atoms with van der Waals surface area (Å²) >= 11 is 6.03. The van der Waals surface area contributed by atoms with Crippen LogP contribution in [-0.2, 0) is 4.79 Å². The number of para-hydroxylation sites is 1. The van der Waals surface area contributed by atoms with E-state index >= 15 is 0 Å². The monoisotopic (exact) mass is 247 g/mol. The van der Waals surface area contributed by atoms with Crippen LogP contribution in [0.2, 0.25) is 5.02 Å². The van der Waals surface area contributed by atoms with E-state index in [1.165, 1.54) is 0 Å². The van der Waals surface area contributed by atoms with Gasteiger partial charge in [0.05, 0.1) is 10.7 Å². The van der Waals surface area contributed by atoms with Crippen LogP contribution in [0.4, 0.5) is 5.69 Å². The van der Waals surface area contributed by atoms with Crippen molar-refractivity contribution in [3.63, 3.8) is 0 Å². The first-order valence-electron chi connectivity index (χ1n) is 5.98. The average Bonchev–Trinajstić information content (AvgIpc) is 2.94. The van der Waals surface area contributed by atoms with E-state index in [1.54, 1.807) is 6.07 Å². The van der Waals surface area contributed by atoms with Crippen LogP contribution in [0.3, 0.4) is 0 Å². The van der Waals surface area contributed by atoms with Gasteiger partial charge in [-0.15, -0.1) is 0 Å². The first-order chi connectivity index (χ1) is 8.24. The number of rotatable bonds is 2. The fraction of sp³-hybridized carbons (Fsp3) is 0.357. The summed E-state index contributed by atoms with van der Waals surface area (Å²) in [4.78, 5) is 12.2. The van der Waals surface area contributed by atoms with Gasteiger partial charge in [0, 0.05) is 5.92 Å². The van der Waals surface area contributed by atoms with Crippen molar-refractivity contribution in [3.8, 4) is 0 Å². The molecule has 17 heavy (non-hydrogen) atoms. The minimum atomic E-state index is 0.106. The second kappa shape index (κ2) is 4.19. The molecule has 2 bridgehead atoms. The SMILES string of the molecule is O=C(Nc1ccccc1Cl)[C@@H]1C[C@H]2C=C[C@H]1C2. The van der Waals surface area contributed by atoms with Gasteiger partial charge in [-0.25, -0.2) is 0 Å². The van der Waals surface area contributed by atoms with E-state index in [1.807, 2.05) is 18.2 Å². The van der Waals surface area contributed by atoms with Crippen molar-refractivity contribution in [1.82, 2.24) is 0 Å². The van der Waals surface area contributed by atoms with E-state index in [2.05, 4.69) is 17.5 Å². The van der Waals surface area contributed by atoms with Gasteiger partial charge >= 0.3 is 0 Å². The maximum atomic E-state index is 12.2. The van der Waals surface area contributed by atoms with Crippen LogP contribution in [0, 0.1) is 17.8 Å². The van der Waals surface area contributed by atoms with Crippen LogP contribution < -0.4 is 5.32 Å². The van der Waals surface area contributed by atoms with Crippen molar-refractivity contribution in [2.75, 3.05) is 5.32 Å². The fourth-order valence-corrected chi connectivity index (χ4v) is 3.05. The van der Waals surface area contributed by atoms with Crippen molar-refractivity contribution >= 4 is 23.2 Å². The molecule has 1 aromatic rings. The standard InChI is InChI=1S/C14H14ClNO/c15-12-3-1-2-4-13(12)16-14(17)11-8-9-5-6-10(11)7-9/h1-6,9-11H,7-8H2,(H,16,17)/t9-,10-,11+/m0/s1. The van der Waals surface area contributed by atoms with Gasteiger partial charge in [0.25, 0.3) is 0 Å². The molecule has 0 radical (unpaired) electrons. The smallest absolute Gasteiger partial charge is 0.228 e. The highest BCUT2D eigenvalue weighted by Crippen LogP contribution is 2.43. The Labute approximate surface area is 106 Å². The van der Waals surface area contributed by atoms with Gasteiger partial charge in [-0.1, -0.05) is 35.9 Å². The second-order valence-corrected chi connectivity index (χ2v) is 5.26. The highest BCUT2D eigenvalue weighted by atomic mass is 35.5. The maximum Gasteiger partial charge on any atom is 0.228 e. The predicted octanol–water partition coefficient (Wildman–Crippen LogP) is 3.49. The van der Waals surface area contributed by atoms with Crippen LogP contribution in [0.25, 0.3) is 0 Å². The summed E-state index contributed by atoms with van der Waals surface area (Å²) < 4.78 is 0. The quantitative estimate of drug-likeness (QED) is 0.797. The number of benzene rings is 1. The molecular formula is C14H14ClNO. The van der Waals surface area contributed by atoms with E-state index in [0.717, 1.165) is 12.8 Å². The molecular weight excluding hydrogens is 234 g/mol. The molecule has 1 saturated carbocycles. The Morgan fingerprint density at radius 2 is 2.06 bits per heavy atom. The molecule has 0 saturated heterocycles. The van der Waals surface area contributed by atoms with E-state index in [0.29, 0.717) is 22.5 Å². The molecule has 2 aliphatic rings. The molecule has 3 heteroatoms. The third kappa shape index (κ3) is 1.98. The van der Waals surface area contributed by atoms with Crippen molar-refractivity contribution in [1.29, 1.82) is 0 Å². The van der Waals surface area contributed by atoms with Gasteiger partial charge in [-0.3, -0.25) is 4.79 Å². The van der Waals surface area contributed by atoms with Gasteiger partial charge in [0.1, 0.15) is 0 Å². The second-order valence-electron chi connectivity index (χ2n) is 4.86. The average molecular weight is 248 g/mol. The largest absolute Gasteiger partial charge is 0.325 e. The van der Waals surface area contributed by atoms with Crippen LogP contribution >= 0.6 is 11.6 Å². The molecule has 3 rings (SSSR count). The lowest BCUT2D eigenvalue weighted by Gasteiger charge is -2.17. The first kappa shape index (κ1) is 10.8. The molecule has 3 atom stereocenters. The Kier molecular flexibility index (Phi) is 2.67. The molecule has 0 heterocycles. The van der Waals surface area contributed by atoms with Crippen LogP contribution in [0.5, 0.6) is 0 Å². The molecule has 0 unspecified atom stereocenters. The Balaban J connectivity index is 1.72.